The molecule has 0 radical (unpaired) electrons. The lowest BCUT2D eigenvalue weighted by Crippen LogP contribution is -2.17. The maximum atomic E-state index is 11.5. The molecule has 1 aliphatic carbocycles. The first kappa shape index (κ1) is 7.79. The van der Waals surface area contributed by atoms with Gasteiger partial charge in [0.1, 0.15) is 0 Å². The molecule has 2 rings (SSSR count). The molecule has 1 aromatic heterocycles. The summed E-state index contributed by atoms with van der Waals surface area (Å²) in [5, 5.41) is 3.59. The van der Waals surface area contributed by atoms with Crippen molar-refractivity contribution in [3.05, 3.63) is 18.0 Å². The molecule has 0 aliphatic heterocycles. The molecule has 12 heavy (non-hydrogen) atoms. The summed E-state index contributed by atoms with van der Waals surface area (Å²) in [7, 11) is -3.14. The summed E-state index contributed by atoms with van der Waals surface area (Å²) in [6.45, 7) is 1.83. The van der Waals surface area contributed by atoms with Gasteiger partial charge in [0.15, 0.2) is 0 Å². The number of hydrogen-bond donors (Lipinski definition) is 0. The summed E-state index contributed by atoms with van der Waals surface area (Å²) in [6.07, 6.45) is 4.66. The van der Waals surface area contributed by atoms with Crippen LogP contribution < -0.4 is 0 Å². The Morgan fingerprint density at radius 2 is 2.25 bits per heavy atom. The Bertz CT molecular complexity index is 389. The fraction of sp³-hybridized carbons (Fsp3) is 0.571. The number of aryl methyl sites for hydroxylation is 1. The maximum Gasteiger partial charge on any atom is 0.256 e. The summed E-state index contributed by atoms with van der Waals surface area (Å²) < 4.78 is 24.1. The zero-order chi connectivity index (χ0) is 8.77. The van der Waals surface area contributed by atoms with E-state index in [9.17, 15) is 8.42 Å². The Balaban J connectivity index is 2.41. The van der Waals surface area contributed by atoms with E-state index in [4.69, 9.17) is 0 Å². The van der Waals surface area contributed by atoms with E-state index in [1.165, 1.54) is 0 Å². The topological polar surface area (TPSA) is 52.0 Å². The largest absolute Gasteiger partial charge is 0.256 e. The van der Waals surface area contributed by atoms with Crippen molar-refractivity contribution >= 4 is 10.0 Å². The molecule has 0 bridgehead atoms. The predicted molar refractivity (Wildman–Crippen MR) is 44.3 cm³/mol. The minimum Gasteiger partial charge on any atom is -0.204 e. The van der Waals surface area contributed by atoms with E-state index in [-0.39, 0.29) is 5.25 Å². The first-order valence-corrected chi connectivity index (χ1v) is 5.37. The summed E-state index contributed by atoms with van der Waals surface area (Å²) in [5.41, 5.74) is 0.874. The van der Waals surface area contributed by atoms with Crippen LogP contribution in [0.3, 0.4) is 0 Å². The summed E-state index contributed by atoms with van der Waals surface area (Å²) in [4.78, 5) is 0. The van der Waals surface area contributed by atoms with Gasteiger partial charge in [-0.1, -0.05) is 0 Å². The van der Waals surface area contributed by atoms with Crippen LogP contribution in [0, 0.1) is 6.92 Å². The third-order valence-corrected chi connectivity index (χ3v) is 3.93. The van der Waals surface area contributed by atoms with Crippen molar-refractivity contribution in [3.63, 3.8) is 0 Å². The number of nitrogens with zero attached hydrogens (tertiary/aromatic N) is 2. The van der Waals surface area contributed by atoms with E-state index in [0.29, 0.717) is 0 Å². The molecule has 5 heteroatoms. The second-order valence-electron chi connectivity index (χ2n) is 3.13. The molecule has 1 aromatic rings. The first-order valence-electron chi connectivity index (χ1n) is 3.86. The van der Waals surface area contributed by atoms with Gasteiger partial charge in [-0.3, -0.25) is 0 Å². The van der Waals surface area contributed by atoms with Crippen molar-refractivity contribution in [1.82, 2.24) is 9.19 Å². The van der Waals surface area contributed by atoms with Gasteiger partial charge >= 0.3 is 0 Å². The lowest BCUT2D eigenvalue weighted by molar-refractivity contribution is 0.578. The van der Waals surface area contributed by atoms with Crippen molar-refractivity contribution in [2.45, 2.75) is 25.0 Å². The third-order valence-electron chi connectivity index (χ3n) is 1.90. The van der Waals surface area contributed by atoms with E-state index in [1.54, 1.807) is 12.4 Å². The fourth-order valence-electron chi connectivity index (χ4n) is 1.05. The number of rotatable bonds is 2. The van der Waals surface area contributed by atoms with Gasteiger partial charge in [-0.25, -0.2) is 8.42 Å². The molecule has 0 spiro atoms. The molecule has 0 N–H and O–H groups in total. The molecule has 0 aromatic carbocycles. The van der Waals surface area contributed by atoms with Crippen molar-refractivity contribution in [3.8, 4) is 0 Å². The second-order valence-corrected chi connectivity index (χ2v) is 5.21. The summed E-state index contributed by atoms with van der Waals surface area (Å²) in [5.74, 6) is 0. The van der Waals surface area contributed by atoms with Crippen molar-refractivity contribution < 1.29 is 8.42 Å². The molecule has 1 heterocycles. The monoisotopic (exact) mass is 186 g/mol. The summed E-state index contributed by atoms with van der Waals surface area (Å²) >= 11 is 0. The molecule has 0 saturated heterocycles. The van der Waals surface area contributed by atoms with Crippen LogP contribution in [0.5, 0.6) is 0 Å². The van der Waals surface area contributed by atoms with Crippen molar-refractivity contribution in [2.75, 3.05) is 0 Å². The third kappa shape index (κ3) is 1.14. The lowest BCUT2D eigenvalue weighted by Gasteiger charge is -1.99. The zero-order valence-corrected chi connectivity index (χ0v) is 7.58. The SMILES string of the molecule is Cc1cnn(S(=O)(=O)C2CC2)c1. The molecular weight excluding hydrogens is 176 g/mol. The maximum absolute atomic E-state index is 11.5. The predicted octanol–water partition coefficient (Wildman–Crippen LogP) is 0.532. The highest BCUT2D eigenvalue weighted by molar-refractivity contribution is 7.90. The molecule has 1 fully saturated rings. The Kier molecular flexibility index (Phi) is 1.51. The van der Waals surface area contributed by atoms with Gasteiger partial charge in [0.05, 0.1) is 11.4 Å². The van der Waals surface area contributed by atoms with Crippen LogP contribution in [0.25, 0.3) is 0 Å². The van der Waals surface area contributed by atoms with Gasteiger partial charge < -0.3 is 0 Å². The highest BCUT2D eigenvalue weighted by Gasteiger charge is 2.37. The van der Waals surface area contributed by atoms with Gasteiger partial charge in [-0.15, -0.1) is 0 Å². The first-order chi connectivity index (χ1) is 5.60. The average Bonchev–Trinajstić information content (AvgIpc) is 2.75. The molecule has 4 nitrogen and oxygen atoms in total. The highest BCUT2D eigenvalue weighted by Crippen LogP contribution is 2.29. The number of hydrogen-bond acceptors (Lipinski definition) is 3. The van der Waals surface area contributed by atoms with Crippen LogP contribution >= 0.6 is 0 Å². The van der Waals surface area contributed by atoms with Gasteiger partial charge in [0, 0.05) is 6.20 Å². The number of aromatic nitrogens is 2. The van der Waals surface area contributed by atoms with Crippen LogP contribution in [-0.4, -0.2) is 22.9 Å². The lowest BCUT2D eigenvalue weighted by atomic mass is 10.4. The van der Waals surface area contributed by atoms with Gasteiger partial charge in [0.2, 0.25) is 0 Å². The van der Waals surface area contributed by atoms with Crippen LogP contribution in [-0.2, 0) is 10.0 Å². The summed E-state index contributed by atoms with van der Waals surface area (Å²) in [6, 6.07) is 0. The van der Waals surface area contributed by atoms with Crippen LogP contribution in [0.15, 0.2) is 12.4 Å². The quantitative estimate of drug-likeness (QED) is 0.677. The Hall–Kier alpha value is -0.840. The van der Waals surface area contributed by atoms with Crippen LogP contribution in [0.4, 0.5) is 0 Å². The van der Waals surface area contributed by atoms with Crippen LogP contribution in [0.1, 0.15) is 18.4 Å². The van der Waals surface area contributed by atoms with E-state index in [1.807, 2.05) is 6.92 Å². The van der Waals surface area contributed by atoms with Gasteiger partial charge in [0.25, 0.3) is 10.0 Å². The molecule has 0 unspecified atom stereocenters. The Labute approximate surface area is 71.3 Å². The molecular formula is C7H10N2O2S. The standard InChI is InChI=1S/C7H10N2O2S/c1-6-4-8-9(5-6)12(10,11)7-2-3-7/h4-5,7H,2-3H2,1H3. The highest BCUT2D eigenvalue weighted by atomic mass is 32.2. The van der Waals surface area contributed by atoms with Crippen molar-refractivity contribution in [2.24, 2.45) is 0 Å². The molecule has 0 atom stereocenters. The van der Waals surface area contributed by atoms with Gasteiger partial charge in [-0.2, -0.15) is 9.19 Å². The smallest absolute Gasteiger partial charge is 0.204 e. The van der Waals surface area contributed by atoms with E-state index in [0.717, 1.165) is 22.5 Å². The fourth-order valence-corrected chi connectivity index (χ4v) is 2.58. The average molecular weight is 186 g/mol. The molecule has 0 amide bonds. The van der Waals surface area contributed by atoms with Crippen LogP contribution in [0.2, 0.25) is 0 Å². The Morgan fingerprint density at radius 1 is 1.58 bits per heavy atom. The van der Waals surface area contributed by atoms with Crippen molar-refractivity contribution in [1.29, 1.82) is 0 Å². The minimum absolute atomic E-state index is 0.184. The zero-order valence-electron chi connectivity index (χ0n) is 6.77. The second kappa shape index (κ2) is 2.32. The minimum atomic E-state index is -3.14. The molecule has 66 valence electrons. The van der Waals surface area contributed by atoms with E-state index in [2.05, 4.69) is 5.10 Å². The molecule has 1 aliphatic rings. The van der Waals surface area contributed by atoms with E-state index < -0.39 is 10.0 Å². The molecule has 1 saturated carbocycles. The van der Waals surface area contributed by atoms with E-state index >= 15 is 0 Å². The van der Waals surface area contributed by atoms with Gasteiger partial charge in [-0.05, 0) is 25.3 Å². The normalized spacial score (nSPS) is 18.1. The Morgan fingerprint density at radius 3 is 2.67 bits per heavy atom.